The minimum Gasteiger partial charge on any atom is -0.302 e. The fraction of sp³-hybridized carbons (Fsp3) is 0.875. The van der Waals surface area contributed by atoms with Crippen LogP contribution < -0.4 is 0 Å². The molecular formula is C8H16NS. The van der Waals surface area contributed by atoms with E-state index in [1.165, 1.54) is 25.4 Å². The molecule has 0 aromatic carbocycles. The van der Waals surface area contributed by atoms with Crippen LogP contribution in [0.5, 0.6) is 0 Å². The van der Waals surface area contributed by atoms with Crippen molar-refractivity contribution in [3.63, 3.8) is 0 Å². The second-order valence-corrected chi connectivity index (χ2v) is 4.12. The number of hydrogen-bond acceptors (Lipinski definition) is 2. The van der Waals surface area contributed by atoms with E-state index in [0.717, 1.165) is 6.54 Å². The summed E-state index contributed by atoms with van der Waals surface area (Å²) in [5.41, 5.74) is 0. The molecule has 0 N–H and O–H groups in total. The first kappa shape index (κ1) is 8.41. The molecule has 0 aromatic heterocycles. The monoisotopic (exact) mass is 158 g/mol. The minimum absolute atomic E-state index is 0.624. The topological polar surface area (TPSA) is 3.24 Å². The lowest BCUT2D eigenvalue weighted by Gasteiger charge is -2.16. The second kappa shape index (κ2) is 3.63. The maximum Gasteiger partial charge on any atom is 0.0156 e. The molecule has 1 radical (unpaired) electrons. The van der Waals surface area contributed by atoms with Crippen LogP contribution in [0, 0.1) is 5.92 Å². The highest BCUT2D eigenvalue weighted by molar-refractivity contribution is 7.81. The Kier molecular flexibility index (Phi) is 3.05. The van der Waals surface area contributed by atoms with E-state index in [1.54, 1.807) is 0 Å². The lowest BCUT2D eigenvalue weighted by Crippen LogP contribution is -2.24. The Bertz CT molecular complexity index is 103. The number of nitrogens with zero attached hydrogens (tertiary/aromatic N) is 1. The summed E-state index contributed by atoms with van der Waals surface area (Å²) in [6, 6.07) is 0. The molecule has 1 atom stereocenters. The highest BCUT2D eigenvalue weighted by Gasteiger charge is 2.19. The van der Waals surface area contributed by atoms with Crippen LogP contribution in [0.2, 0.25) is 0 Å². The molecule has 1 heterocycles. The van der Waals surface area contributed by atoms with Crippen LogP contribution in [0.25, 0.3) is 0 Å². The number of rotatable bonds is 2. The van der Waals surface area contributed by atoms with E-state index >= 15 is 0 Å². The molecule has 1 nitrogen and oxygen atoms in total. The first-order valence-corrected chi connectivity index (χ1v) is 4.39. The summed E-state index contributed by atoms with van der Waals surface area (Å²) in [7, 11) is 0. The van der Waals surface area contributed by atoms with Crippen molar-refractivity contribution in [2.24, 2.45) is 0 Å². The van der Waals surface area contributed by atoms with Gasteiger partial charge in [-0.25, -0.2) is 0 Å². The number of thiol groups is 1. The van der Waals surface area contributed by atoms with E-state index in [2.05, 4.69) is 31.4 Å². The molecule has 1 aliphatic heterocycles. The van der Waals surface area contributed by atoms with Crippen molar-refractivity contribution in [1.82, 2.24) is 4.90 Å². The van der Waals surface area contributed by atoms with Crippen molar-refractivity contribution in [3.05, 3.63) is 5.92 Å². The molecule has 0 amide bonds. The third kappa shape index (κ3) is 2.51. The Balaban J connectivity index is 2.18. The summed E-state index contributed by atoms with van der Waals surface area (Å²) < 4.78 is 0. The zero-order valence-electron chi connectivity index (χ0n) is 6.80. The van der Waals surface area contributed by atoms with Gasteiger partial charge in [-0.3, -0.25) is 0 Å². The molecule has 59 valence electrons. The van der Waals surface area contributed by atoms with Gasteiger partial charge in [0, 0.05) is 18.3 Å². The van der Waals surface area contributed by atoms with Gasteiger partial charge in [-0.15, -0.1) is 0 Å². The molecule has 1 saturated heterocycles. The minimum atomic E-state index is 0.624. The van der Waals surface area contributed by atoms with E-state index in [1.807, 2.05) is 0 Å². The average molecular weight is 158 g/mol. The Morgan fingerprint density at radius 3 is 2.70 bits per heavy atom. The maximum atomic E-state index is 4.42. The van der Waals surface area contributed by atoms with Gasteiger partial charge in [-0.1, -0.05) is 13.8 Å². The largest absolute Gasteiger partial charge is 0.302 e. The molecule has 0 saturated carbocycles. The van der Waals surface area contributed by atoms with Crippen LogP contribution in [0.3, 0.4) is 0 Å². The molecule has 0 unspecified atom stereocenters. The molecule has 10 heavy (non-hydrogen) atoms. The molecule has 0 spiro atoms. The van der Waals surface area contributed by atoms with Gasteiger partial charge in [0.2, 0.25) is 0 Å². The quantitative estimate of drug-likeness (QED) is 0.597. The third-order valence-electron chi connectivity index (χ3n) is 1.79. The fourth-order valence-electron chi connectivity index (χ4n) is 1.40. The predicted octanol–water partition coefficient (Wildman–Crippen LogP) is 1.60. The van der Waals surface area contributed by atoms with Crippen molar-refractivity contribution >= 4 is 12.6 Å². The lowest BCUT2D eigenvalue weighted by molar-refractivity contribution is 0.353. The molecule has 0 aromatic rings. The van der Waals surface area contributed by atoms with E-state index in [-0.39, 0.29) is 0 Å². The van der Waals surface area contributed by atoms with Gasteiger partial charge >= 0.3 is 0 Å². The molecule has 1 fully saturated rings. The van der Waals surface area contributed by atoms with Gasteiger partial charge in [0.1, 0.15) is 0 Å². The lowest BCUT2D eigenvalue weighted by atomic mass is 10.2. The van der Waals surface area contributed by atoms with Gasteiger partial charge in [-0.05, 0) is 18.9 Å². The van der Waals surface area contributed by atoms with E-state index in [0.29, 0.717) is 5.25 Å². The number of likely N-dealkylation sites (tertiary alicyclic amines) is 1. The van der Waals surface area contributed by atoms with Crippen molar-refractivity contribution in [1.29, 1.82) is 0 Å². The Labute approximate surface area is 69.2 Å². The average Bonchev–Trinajstić information content (AvgIpc) is 2.13. The summed E-state index contributed by atoms with van der Waals surface area (Å²) in [6.45, 7) is 7.95. The first-order valence-electron chi connectivity index (χ1n) is 3.88. The summed E-state index contributed by atoms with van der Waals surface area (Å²) in [5, 5.41) is 0.624. The van der Waals surface area contributed by atoms with Crippen molar-refractivity contribution in [3.8, 4) is 0 Å². The smallest absolute Gasteiger partial charge is 0.0156 e. The van der Waals surface area contributed by atoms with Crippen LogP contribution >= 0.6 is 12.6 Å². The molecule has 1 aliphatic rings. The Morgan fingerprint density at radius 1 is 1.60 bits per heavy atom. The van der Waals surface area contributed by atoms with Crippen molar-refractivity contribution in [2.75, 3.05) is 19.6 Å². The van der Waals surface area contributed by atoms with Crippen molar-refractivity contribution < 1.29 is 0 Å². The first-order chi connectivity index (χ1) is 4.68. The van der Waals surface area contributed by atoms with E-state index < -0.39 is 0 Å². The molecule has 0 bridgehead atoms. The Hall–Kier alpha value is 0.310. The second-order valence-electron chi connectivity index (χ2n) is 3.38. The fourth-order valence-corrected chi connectivity index (χ4v) is 1.75. The summed E-state index contributed by atoms with van der Waals surface area (Å²) in [6.07, 6.45) is 1.26. The summed E-state index contributed by atoms with van der Waals surface area (Å²) >= 11 is 4.42. The number of hydrogen-bond donors (Lipinski definition) is 1. The van der Waals surface area contributed by atoms with Crippen LogP contribution in [-0.4, -0.2) is 29.8 Å². The molecular weight excluding hydrogens is 142 g/mol. The van der Waals surface area contributed by atoms with Crippen molar-refractivity contribution in [2.45, 2.75) is 25.5 Å². The Morgan fingerprint density at radius 2 is 2.30 bits per heavy atom. The van der Waals surface area contributed by atoms with Gasteiger partial charge in [0.25, 0.3) is 0 Å². The third-order valence-corrected chi connectivity index (χ3v) is 2.21. The van der Waals surface area contributed by atoms with Crippen LogP contribution in [0.15, 0.2) is 0 Å². The van der Waals surface area contributed by atoms with Crippen LogP contribution in [-0.2, 0) is 0 Å². The van der Waals surface area contributed by atoms with E-state index in [9.17, 15) is 0 Å². The molecule has 1 rings (SSSR count). The summed E-state index contributed by atoms with van der Waals surface area (Å²) in [4.78, 5) is 2.47. The van der Waals surface area contributed by atoms with Gasteiger partial charge in [-0.2, -0.15) is 12.6 Å². The maximum absolute atomic E-state index is 4.42. The summed E-state index contributed by atoms with van der Waals surface area (Å²) in [5.74, 6) is 1.50. The zero-order chi connectivity index (χ0) is 7.56. The SMILES string of the molecule is C[C](C)CN1CC[C@H](S)C1. The van der Waals surface area contributed by atoms with Crippen LogP contribution in [0.4, 0.5) is 0 Å². The highest BCUT2D eigenvalue weighted by atomic mass is 32.1. The molecule has 0 aliphatic carbocycles. The molecule has 2 heteroatoms. The highest BCUT2D eigenvalue weighted by Crippen LogP contribution is 2.15. The van der Waals surface area contributed by atoms with Gasteiger partial charge < -0.3 is 4.90 Å². The van der Waals surface area contributed by atoms with Gasteiger partial charge in [0.05, 0.1) is 0 Å². The predicted molar refractivity (Wildman–Crippen MR) is 48.4 cm³/mol. The standard InChI is InChI=1S/C8H16NS/c1-7(2)5-9-4-3-8(10)6-9/h8,10H,3-6H2,1-2H3/t8-/m0/s1. The van der Waals surface area contributed by atoms with Gasteiger partial charge in [0.15, 0.2) is 0 Å². The van der Waals surface area contributed by atoms with Crippen LogP contribution in [0.1, 0.15) is 20.3 Å². The van der Waals surface area contributed by atoms with E-state index in [4.69, 9.17) is 0 Å². The normalized spacial score (nSPS) is 28.2. The zero-order valence-corrected chi connectivity index (χ0v) is 7.69.